The number of amides is 2. The molecule has 0 aromatic heterocycles. The van der Waals surface area contributed by atoms with Gasteiger partial charge in [0.25, 0.3) is 5.91 Å². The molecule has 2 amide bonds. The van der Waals surface area contributed by atoms with Crippen molar-refractivity contribution in [3.8, 4) is 11.5 Å². The lowest BCUT2D eigenvalue weighted by Crippen LogP contribution is -2.53. The van der Waals surface area contributed by atoms with Gasteiger partial charge in [0.2, 0.25) is 5.91 Å². The fourth-order valence-corrected chi connectivity index (χ4v) is 5.39. The molecule has 0 heterocycles. The minimum absolute atomic E-state index is 0.129. The molecule has 40 heavy (non-hydrogen) atoms. The number of ether oxygens (including phenoxy) is 2. The Bertz CT molecular complexity index is 1270. The highest BCUT2D eigenvalue weighted by atomic mass is 35.5. The van der Waals surface area contributed by atoms with Gasteiger partial charge in [-0.3, -0.25) is 9.59 Å². The van der Waals surface area contributed by atoms with Crippen LogP contribution in [0.2, 0.25) is 5.02 Å². The summed E-state index contributed by atoms with van der Waals surface area (Å²) in [7, 11) is 1.61. The number of rotatable bonds is 11. The van der Waals surface area contributed by atoms with Crippen molar-refractivity contribution in [1.29, 1.82) is 0 Å². The number of nitrogens with zero attached hydrogens (tertiary/aromatic N) is 1. The largest absolute Gasteiger partial charge is 0.497 e. The van der Waals surface area contributed by atoms with E-state index in [-0.39, 0.29) is 31.0 Å². The summed E-state index contributed by atoms with van der Waals surface area (Å²) < 4.78 is 11.4. The van der Waals surface area contributed by atoms with Crippen LogP contribution < -0.4 is 14.8 Å². The zero-order valence-electron chi connectivity index (χ0n) is 23.6. The maximum Gasteiger partial charge on any atom is 0.261 e. The third kappa shape index (κ3) is 8.01. The molecule has 212 valence electrons. The minimum Gasteiger partial charge on any atom is -0.497 e. The van der Waals surface area contributed by atoms with Gasteiger partial charge >= 0.3 is 0 Å². The number of aryl methyl sites for hydroxylation is 2. The normalized spacial score (nSPS) is 14.3. The van der Waals surface area contributed by atoms with E-state index < -0.39 is 6.04 Å². The molecule has 1 aliphatic rings. The first-order chi connectivity index (χ1) is 19.3. The maximum atomic E-state index is 13.9. The van der Waals surface area contributed by atoms with Gasteiger partial charge in [0.05, 0.1) is 7.11 Å². The van der Waals surface area contributed by atoms with Crippen molar-refractivity contribution >= 4 is 23.4 Å². The molecule has 1 saturated carbocycles. The second kappa shape index (κ2) is 14.2. The molecule has 0 aliphatic heterocycles. The average molecular weight is 563 g/mol. The van der Waals surface area contributed by atoms with Crippen LogP contribution in [0.5, 0.6) is 11.5 Å². The van der Waals surface area contributed by atoms with Gasteiger partial charge in [-0.05, 0) is 73.2 Å². The van der Waals surface area contributed by atoms with E-state index in [9.17, 15) is 9.59 Å². The van der Waals surface area contributed by atoms with E-state index in [4.69, 9.17) is 21.1 Å². The Morgan fingerprint density at radius 3 is 2.27 bits per heavy atom. The summed E-state index contributed by atoms with van der Waals surface area (Å²) in [6.07, 6.45) is 5.73. The van der Waals surface area contributed by atoms with Crippen molar-refractivity contribution in [3.05, 3.63) is 94.0 Å². The standard InChI is InChI=1S/C33H39ClN2O4/c1-23-17-29(18-24(2)32(23)34)40-22-31(37)36(21-26-13-10-16-28(19-26)39-3)30(20-25-11-6-4-7-12-25)33(38)35-27-14-8-5-9-15-27/h4,6-7,10-13,16-19,27,30H,5,8-9,14-15,20-22H2,1-3H3,(H,35,38). The predicted molar refractivity (Wildman–Crippen MR) is 159 cm³/mol. The number of halogens is 1. The van der Waals surface area contributed by atoms with E-state index in [0.717, 1.165) is 47.9 Å². The molecule has 0 saturated heterocycles. The lowest BCUT2D eigenvalue weighted by molar-refractivity contribution is -0.143. The third-order valence-corrected chi connectivity index (χ3v) is 8.08. The lowest BCUT2D eigenvalue weighted by atomic mass is 9.94. The van der Waals surface area contributed by atoms with Gasteiger partial charge in [-0.1, -0.05) is 73.3 Å². The quantitative estimate of drug-likeness (QED) is 0.292. The minimum atomic E-state index is -0.708. The number of hydrogen-bond acceptors (Lipinski definition) is 4. The van der Waals surface area contributed by atoms with Crippen LogP contribution in [0, 0.1) is 13.8 Å². The number of methoxy groups -OCH3 is 1. The Balaban J connectivity index is 1.63. The van der Waals surface area contributed by atoms with Crippen LogP contribution >= 0.6 is 11.6 Å². The van der Waals surface area contributed by atoms with Gasteiger partial charge in [0.1, 0.15) is 17.5 Å². The highest BCUT2D eigenvalue weighted by molar-refractivity contribution is 6.32. The topological polar surface area (TPSA) is 67.9 Å². The van der Waals surface area contributed by atoms with Crippen LogP contribution in [-0.2, 0) is 22.6 Å². The van der Waals surface area contributed by atoms with E-state index in [1.807, 2.05) is 80.6 Å². The smallest absolute Gasteiger partial charge is 0.261 e. The number of carbonyl (C=O) groups is 2. The van der Waals surface area contributed by atoms with Gasteiger partial charge in [0, 0.05) is 24.0 Å². The van der Waals surface area contributed by atoms with E-state index in [1.54, 1.807) is 12.0 Å². The molecule has 0 radical (unpaired) electrons. The molecule has 3 aromatic rings. The van der Waals surface area contributed by atoms with E-state index in [0.29, 0.717) is 22.9 Å². The van der Waals surface area contributed by atoms with E-state index in [1.165, 1.54) is 6.42 Å². The molecule has 0 spiro atoms. The molecule has 1 fully saturated rings. The molecule has 1 aliphatic carbocycles. The van der Waals surface area contributed by atoms with Crippen LogP contribution in [0.15, 0.2) is 66.7 Å². The third-order valence-electron chi connectivity index (χ3n) is 7.48. The highest BCUT2D eigenvalue weighted by Gasteiger charge is 2.32. The number of hydrogen-bond donors (Lipinski definition) is 1. The fourth-order valence-electron chi connectivity index (χ4n) is 5.28. The van der Waals surface area contributed by atoms with Gasteiger partial charge in [-0.25, -0.2) is 0 Å². The SMILES string of the molecule is COc1cccc(CN(C(=O)COc2cc(C)c(Cl)c(C)c2)C(Cc2ccccc2)C(=O)NC2CCCCC2)c1. The summed E-state index contributed by atoms with van der Waals surface area (Å²) in [6.45, 7) is 3.86. The molecular weight excluding hydrogens is 524 g/mol. The molecule has 1 atom stereocenters. The summed E-state index contributed by atoms with van der Waals surface area (Å²) in [5.74, 6) is 0.859. The Hall–Kier alpha value is -3.51. The van der Waals surface area contributed by atoms with Gasteiger partial charge < -0.3 is 19.7 Å². The molecule has 1 N–H and O–H groups in total. The molecule has 3 aromatic carbocycles. The van der Waals surface area contributed by atoms with Crippen molar-refractivity contribution in [2.75, 3.05) is 13.7 Å². The van der Waals surface area contributed by atoms with Crippen molar-refractivity contribution in [2.24, 2.45) is 0 Å². The first-order valence-electron chi connectivity index (χ1n) is 14.0. The second-order valence-electron chi connectivity index (χ2n) is 10.6. The molecule has 6 nitrogen and oxygen atoms in total. The molecule has 0 bridgehead atoms. The summed E-state index contributed by atoms with van der Waals surface area (Å²) in [6, 6.07) is 20.5. The van der Waals surface area contributed by atoms with Crippen LogP contribution in [0.25, 0.3) is 0 Å². The zero-order valence-corrected chi connectivity index (χ0v) is 24.4. The number of benzene rings is 3. The van der Waals surface area contributed by atoms with E-state index >= 15 is 0 Å². The molecular formula is C33H39ClN2O4. The summed E-state index contributed by atoms with van der Waals surface area (Å²) >= 11 is 6.33. The van der Waals surface area contributed by atoms with Crippen LogP contribution in [-0.4, -0.2) is 42.5 Å². The average Bonchev–Trinajstić information content (AvgIpc) is 2.97. The Kier molecular flexibility index (Phi) is 10.5. The molecule has 7 heteroatoms. The number of nitrogens with one attached hydrogen (secondary N) is 1. The summed E-state index contributed by atoms with van der Waals surface area (Å²) in [5.41, 5.74) is 3.62. The predicted octanol–water partition coefficient (Wildman–Crippen LogP) is 6.43. The van der Waals surface area contributed by atoms with Crippen molar-refractivity contribution in [1.82, 2.24) is 10.2 Å². The van der Waals surface area contributed by atoms with Crippen LogP contribution in [0.1, 0.15) is 54.4 Å². The van der Waals surface area contributed by atoms with E-state index in [2.05, 4.69) is 5.32 Å². The molecule has 1 unspecified atom stereocenters. The van der Waals surface area contributed by atoms with Crippen LogP contribution in [0.3, 0.4) is 0 Å². The van der Waals surface area contributed by atoms with Crippen LogP contribution in [0.4, 0.5) is 0 Å². The first-order valence-corrected chi connectivity index (χ1v) is 14.4. The van der Waals surface area contributed by atoms with Crippen molar-refractivity contribution in [3.63, 3.8) is 0 Å². The van der Waals surface area contributed by atoms with Gasteiger partial charge in [-0.15, -0.1) is 0 Å². The Labute approximate surface area is 242 Å². The fraction of sp³-hybridized carbons (Fsp3) is 0.394. The van der Waals surface area contributed by atoms with Gasteiger partial charge in [-0.2, -0.15) is 0 Å². The monoisotopic (exact) mass is 562 g/mol. The Morgan fingerprint density at radius 2 is 1.60 bits per heavy atom. The highest BCUT2D eigenvalue weighted by Crippen LogP contribution is 2.26. The lowest BCUT2D eigenvalue weighted by Gasteiger charge is -2.33. The second-order valence-corrected chi connectivity index (χ2v) is 11.0. The Morgan fingerprint density at radius 1 is 0.925 bits per heavy atom. The van der Waals surface area contributed by atoms with Crippen molar-refractivity contribution < 1.29 is 19.1 Å². The summed E-state index contributed by atoms with van der Waals surface area (Å²) in [4.78, 5) is 29.4. The maximum absolute atomic E-state index is 13.9. The van der Waals surface area contributed by atoms with Gasteiger partial charge in [0.15, 0.2) is 6.61 Å². The molecule has 4 rings (SSSR count). The first kappa shape index (κ1) is 29.5. The zero-order chi connectivity index (χ0) is 28.5. The summed E-state index contributed by atoms with van der Waals surface area (Å²) in [5, 5.41) is 3.95. The number of carbonyl (C=O) groups excluding carboxylic acids is 2. The van der Waals surface area contributed by atoms with Crippen molar-refractivity contribution in [2.45, 2.75) is 71.0 Å².